The van der Waals surface area contributed by atoms with Gasteiger partial charge in [-0.1, -0.05) is 30.3 Å². The number of carbonyl (C=O) groups excluding carboxylic acids is 1. The van der Waals surface area contributed by atoms with Crippen molar-refractivity contribution >= 4 is 6.03 Å². The van der Waals surface area contributed by atoms with Gasteiger partial charge in [0.25, 0.3) is 0 Å². The molecule has 0 saturated carbocycles. The minimum atomic E-state index is -0.871. The molecule has 0 unspecified atom stereocenters. The van der Waals surface area contributed by atoms with Crippen LogP contribution in [0.2, 0.25) is 0 Å². The molecule has 1 heterocycles. The third-order valence-corrected chi connectivity index (χ3v) is 2.54. The molecule has 18 heavy (non-hydrogen) atoms. The Kier molecular flexibility index (Phi) is 3.64. The first-order valence-corrected chi connectivity index (χ1v) is 5.57. The van der Waals surface area contributed by atoms with Crippen LogP contribution in [-0.4, -0.2) is 22.8 Å². The van der Waals surface area contributed by atoms with E-state index in [9.17, 15) is 4.79 Å². The Morgan fingerprint density at radius 2 is 1.94 bits per heavy atom. The maximum absolute atomic E-state index is 10.6. The first-order chi connectivity index (χ1) is 8.66. The van der Waals surface area contributed by atoms with Gasteiger partial charge >= 0.3 is 6.03 Å². The third-order valence-electron chi connectivity index (χ3n) is 2.54. The smallest absolute Gasteiger partial charge is 0.338 e. The molecule has 0 bridgehead atoms. The van der Waals surface area contributed by atoms with E-state index in [1.54, 1.807) is 0 Å². The minimum Gasteiger partial charge on any atom is -0.461 e. The molecule has 5 nitrogen and oxygen atoms in total. The molecule has 5 heteroatoms. The quantitative estimate of drug-likeness (QED) is 0.641. The zero-order valence-electron chi connectivity index (χ0n) is 9.74. The molecule has 94 valence electrons. The predicted molar refractivity (Wildman–Crippen MR) is 65.9 cm³/mol. The van der Waals surface area contributed by atoms with Gasteiger partial charge in [-0.3, -0.25) is 5.21 Å². The number of carbonyl (C=O) groups is 1. The molecule has 0 atom stereocenters. The van der Waals surface area contributed by atoms with Crippen molar-refractivity contribution in [2.75, 3.05) is 6.54 Å². The first kappa shape index (κ1) is 12.2. The van der Waals surface area contributed by atoms with E-state index < -0.39 is 6.03 Å². The number of rotatable bonds is 4. The fraction of sp³-hybridized carbons (Fsp3) is 0.154. The van der Waals surface area contributed by atoms with E-state index >= 15 is 0 Å². The molecule has 2 rings (SSSR count). The average molecular weight is 246 g/mol. The normalized spacial score (nSPS) is 10.3. The van der Waals surface area contributed by atoms with Gasteiger partial charge in [-0.15, -0.1) is 0 Å². The number of hydrogen-bond donors (Lipinski definition) is 2. The number of urea groups is 1. The summed E-state index contributed by atoms with van der Waals surface area (Å²) in [4.78, 5) is 10.6. The second kappa shape index (κ2) is 5.37. The number of hydrogen-bond acceptors (Lipinski definition) is 3. The molecular weight excluding hydrogens is 232 g/mol. The molecule has 0 radical (unpaired) electrons. The van der Waals surface area contributed by atoms with Crippen molar-refractivity contribution in [1.82, 2.24) is 5.06 Å². The van der Waals surface area contributed by atoms with E-state index in [-0.39, 0.29) is 6.54 Å². The summed E-state index contributed by atoms with van der Waals surface area (Å²) >= 11 is 0. The lowest BCUT2D eigenvalue weighted by Crippen LogP contribution is -2.34. The van der Waals surface area contributed by atoms with Crippen molar-refractivity contribution in [2.24, 2.45) is 5.73 Å². The lowest BCUT2D eigenvalue weighted by molar-refractivity contribution is -0.0390. The molecule has 0 saturated heterocycles. The fourth-order valence-electron chi connectivity index (χ4n) is 1.60. The van der Waals surface area contributed by atoms with Crippen LogP contribution in [0.3, 0.4) is 0 Å². The first-order valence-electron chi connectivity index (χ1n) is 5.57. The molecule has 0 aliphatic heterocycles. The van der Waals surface area contributed by atoms with Gasteiger partial charge in [0.2, 0.25) is 0 Å². The van der Waals surface area contributed by atoms with Crippen LogP contribution >= 0.6 is 0 Å². The van der Waals surface area contributed by atoms with Crippen molar-refractivity contribution in [1.29, 1.82) is 0 Å². The Labute approximate surface area is 104 Å². The molecule has 1 aromatic heterocycles. The van der Waals surface area contributed by atoms with Crippen LogP contribution in [0, 0.1) is 0 Å². The van der Waals surface area contributed by atoms with Crippen molar-refractivity contribution in [3.05, 3.63) is 48.2 Å². The largest absolute Gasteiger partial charge is 0.461 e. The SMILES string of the molecule is NC(=O)N(O)CCc1ccc(-c2ccccc2)o1. The van der Waals surface area contributed by atoms with Crippen molar-refractivity contribution < 1.29 is 14.4 Å². The summed E-state index contributed by atoms with van der Waals surface area (Å²) in [5.41, 5.74) is 5.89. The number of primary amides is 1. The van der Waals surface area contributed by atoms with Gasteiger partial charge in [0.1, 0.15) is 11.5 Å². The summed E-state index contributed by atoms with van der Waals surface area (Å²) in [6.45, 7) is 0.108. The van der Waals surface area contributed by atoms with Crippen molar-refractivity contribution in [2.45, 2.75) is 6.42 Å². The number of furan rings is 1. The van der Waals surface area contributed by atoms with Crippen molar-refractivity contribution in [3.8, 4) is 11.3 Å². The maximum atomic E-state index is 10.6. The molecule has 0 fully saturated rings. The number of hydroxylamine groups is 2. The van der Waals surface area contributed by atoms with E-state index in [1.807, 2.05) is 42.5 Å². The topological polar surface area (TPSA) is 79.7 Å². The molecule has 2 amide bonds. The highest BCUT2D eigenvalue weighted by Crippen LogP contribution is 2.21. The Morgan fingerprint density at radius 3 is 2.61 bits per heavy atom. The van der Waals surface area contributed by atoms with Gasteiger partial charge in [0.15, 0.2) is 0 Å². The van der Waals surface area contributed by atoms with Gasteiger partial charge < -0.3 is 10.2 Å². The van der Waals surface area contributed by atoms with Crippen molar-refractivity contribution in [3.63, 3.8) is 0 Å². The van der Waals surface area contributed by atoms with E-state index in [2.05, 4.69) is 0 Å². The minimum absolute atomic E-state index is 0.108. The lowest BCUT2D eigenvalue weighted by atomic mass is 10.2. The van der Waals surface area contributed by atoms with Crippen LogP contribution in [0.25, 0.3) is 11.3 Å². The molecule has 0 aliphatic rings. The average Bonchev–Trinajstić information content (AvgIpc) is 2.85. The Bertz CT molecular complexity index is 522. The summed E-state index contributed by atoms with van der Waals surface area (Å²) in [5.74, 6) is 1.45. The highest BCUT2D eigenvalue weighted by molar-refractivity contribution is 5.70. The fourth-order valence-corrected chi connectivity index (χ4v) is 1.60. The third kappa shape index (κ3) is 2.89. The van der Waals surface area contributed by atoms with Crippen LogP contribution in [-0.2, 0) is 6.42 Å². The Hall–Kier alpha value is -2.27. The zero-order chi connectivity index (χ0) is 13.0. The summed E-state index contributed by atoms with van der Waals surface area (Å²) in [6, 6.07) is 12.5. The molecule has 1 aromatic carbocycles. The van der Waals surface area contributed by atoms with E-state index in [0.29, 0.717) is 17.2 Å². The number of nitrogens with two attached hydrogens (primary N) is 1. The molecule has 0 aliphatic carbocycles. The van der Waals surface area contributed by atoms with Crippen LogP contribution in [0.5, 0.6) is 0 Å². The van der Waals surface area contributed by atoms with E-state index in [4.69, 9.17) is 15.4 Å². The zero-order valence-corrected chi connectivity index (χ0v) is 9.74. The molecule has 0 spiro atoms. The highest BCUT2D eigenvalue weighted by atomic mass is 16.5. The summed E-state index contributed by atoms with van der Waals surface area (Å²) in [5, 5.41) is 9.59. The molecule has 2 aromatic rings. The van der Waals surface area contributed by atoms with Crippen LogP contribution < -0.4 is 5.73 Å². The molecular formula is C13H14N2O3. The van der Waals surface area contributed by atoms with Gasteiger partial charge in [0.05, 0.1) is 6.54 Å². The lowest BCUT2D eigenvalue weighted by Gasteiger charge is -2.09. The van der Waals surface area contributed by atoms with E-state index in [1.165, 1.54) is 0 Å². The van der Waals surface area contributed by atoms with Gasteiger partial charge in [0, 0.05) is 12.0 Å². The number of nitrogens with zero attached hydrogens (tertiary/aromatic N) is 1. The maximum Gasteiger partial charge on any atom is 0.338 e. The molecule has 3 N–H and O–H groups in total. The standard InChI is InChI=1S/C13H14N2O3/c14-13(16)15(17)9-8-11-6-7-12(18-11)10-4-2-1-3-5-10/h1-7,17H,8-9H2,(H2,14,16). The summed E-state index contributed by atoms with van der Waals surface area (Å²) < 4.78 is 5.61. The second-order valence-corrected chi connectivity index (χ2v) is 3.84. The predicted octanol–water partition coefficient (Wildman–Crippen LogP) is 2.26. The number of benzene rings is 1. The number of amides is 2. The van der Waals surface area contributed by atoms with Gasteiger partial charge in [-0.25, -0.2) is 9.86 Å². The van der Waals surface area contributed by atoms with Crippen LogP contribution in [0.1, 0.15) is 5.76 Å². The Morgan fingerprint density at radius 1 is 1.22 bits per heavy atom. The van der Waals surface area contributed by atoms with Crippen LogP contribution in [0.4, 0.5) is 4.79 Å². The van der Waals surface area contributed by atoms with E-state index in [0.717, 1.165) is 11.3 Å². The second-order valence-electron chi connectivity index (χ2n) is 3.84. The van der Waals surface area contributed by atoms with Gasteiger partial charge in [-0.05, 0) is 12.1 Å². The summed E-state index contributed by atoms with van der Waals surface area (Å²) in [6.07, 6.45) is 0.409. The monoisotopic (exact) mass is 246 g/mol. The highest BCUT2D eigenvalue weighted by Gasteiger charge is 2.08. The van der Waals surface area contributed by atoms with Crippen LogP contribution in [0.15, 0.2) is 46.9 Å². The van der Waals surface area contributed by atoms with Gasteiger partial charge in [-0.2, -0.15) is 0 Å². The Balaban J connectivity index is 2.01. The summed E-state index contributed by atoms with van der Waals surface area (Å²) in [7, 11) is 0.